The smallest absolute Gasteiger partial charge is 0.0693 e. The van der Waals surface area contributed by atoms with Gasteiger partial charge in [0.1, 0.15) is 0 Å². The van der Waals surface area contributed by atoms with Gasteiger partial charge in [0.05, 0.1) is 6.10 Å². The zero-order chi connectivity index (χ0) is 10.6. The average molecular weight is 199 g/mol. The molecule has 84 valence electrons. The van der Waals surface area contributed by atoms with E-state index in [9.17, 15) is 5.11 Å². The summed E-state index contributed by atoms with van der Waals surface area (Å²) >= 11 is 0. The maximum atomic E-state index is 9.70. The molecule has 0 radical (unpaired) electrons. The second kappa shape index (κ2) is 5.72. The molecule has 0 aromatic heterocycles. The topological polar surface area (TPSA) is 32.3 Å². The number of aliphatic hydroxyl groups is 1. The van der Waals surface area contributed by atoms with Crippen LogP contribution in [0.4, 0.5) is 0 Å². The first-order chi connectivity index (χ1) is 6.69. The highest BCUT2D eigenvalue weighted by atomic mass is 16.3. The predicted molar refractivity (Wildman–Crippen MR) is 60.3 cm³/mol. The summed E-state index contributed by atoms with van der Waals surface area (Å²) in [4.78, 5) is 0. The number of nitrogens with one attached hydrogen (secondary N) is 1. The minimum atomic E-state index is -0.105. The Bertz CT molecular complexity index is 156. The zero-order valence-electron chi connectivity index (χ0n) is 9.79. The zero-order valence-corrected chi connectivity index (χ0v) is 9.79. The molecule has 3 atom stereocenters. The van der Waals surface area contributed by atoms with Crippen molar-refractivity contribution in [2.24, 2.45) is 5.92 Å². The molecule has 1 aliphatic rings. The van der Waals surface area contributed by atoms with Gasteiger partial charge in [-0.15, -0.1) is 0 Å². The number of aliphatic hydroxyl groups excluding tert-OH is 1. The first kappa shape index (κ1) is 12.0. The van der Waals surface area contributed by atoms with Crippen molar-refractivity contribution in [1.29, 1.82) is 0 Å². The molecule has 0 bridgehead atoms. The normalized spacial score (nSPS) is 29.8. The number of hydrogen-bond donors (Lipinski definition) is 2. The molecule has 0 heterocycles. The van der Waals surface area contributed by atoms with Gasteiger partial charge in [-0.2, -0.15) is 0 Å². The fraction of sp³-hybridized carbons (Fsp3) is 1.00. The van der Waals surface area contributed by atoms with E-state index in [2.05, 4.69) is 26.1 Å². The average Bonchev–Trinajstić information content (AvgIpc) is 2.54. The molecular formula is C12H25NO. The van der Waals surface area contributed by atoms with Crippen LogP contribution in [0, 0.1) is 5.92 Å². The van der Waals surface area contributed by atoms with Crippen LogP contribution in [-0.4, -0.2) is 23.3 Å². The van der Waals surface area contributed by atoms with E-state index in [1.807, 2.05) is 0 Å². The van der Waals surface area contributed by atoms with Gasteiger partial charge < -0.3 is 10.4 Å². The Morgan fingerprint density at radius 2 is 1.93 bits per heavy atom. The lowest BCUT2D eigenvalue weighted by molar-refractivity contribution is 0.137. The van der Waals surface area contributed by atoms with E-state index in [0.717, 1.165) is 18.8 Å². The summed E-state index contributed by atoms with van der Waals surface area (Å²) in [7, 11) is 0. The summed E-state index contributed by atoms with van der Waals surface area (Å²) in [6.07, 6.45) is 5.65. The third kappa shape index (κ3) is 2.96. The Balaban J connectivity index is 2.34. The summed E-state index contributed by atoms with van der Waals surface area (Å²) in [5.41, 5.74) is 0. The van der Waals surface area contributed by atoms with E-state index in [4.69, 9.17) is 0 Å². The minimum absolute atomic E-state index is 0.105. The lowest BCUT2D eigenvalue weighted by atomic mass is 9.94. The lowest BCUT2D eigenvalue weighted by Gasteiger charge is -2.27. The molecule has 1 fully saturated rings. The van der Waals surface area contributed by atoms with Crippen LogP contribution in [0.2, 0.25) is 0 Å². The summed E-state index contributed by atoms with van der Waals surface area (Å²) in [5, 5.41) is 13.3. The minimum Gasteiger partial charge on any atom is -0.392 e. The quantitative estimate of drug-likeness (QED) is 0.712. The van der Waals surface area contributed by atoms with Crippen LogP contribution in [-0.2, 0) is 0 Å². The van der Waals surface area contributed by atoms with Crippen molar-refractivity contribution in [1.82, 2.24) is 5.32 Å². The highest BCUT2D eigenvalue weighted by Gasteiger charge is 2.27. The van der Waals surface area contributed by atoms with E-state index >= 15 is 0 Å². The summed E-state index contributed by atoms with van der Waals surface area (Å²) < 4.78 is 0. The Hall–Kier alpha value is -0.0800. The highest BCUT2D eigenvalue weighted by Crippen LogP contribution is 2.21. The van der Waals surface area contributed by atoms with Crippen LogP contribution in [0.5, 0.6) is 0 Å². The van der Waals surface area contributed by atoms with E-state index in [1.165, 1.54) is 19.3 Å². The third-order valence-electron chi connectivity index (χ3n) is 3.71. The Morgan fingerprint density at radius 3 is 2.36 bits per heavy atom. The SMILES string of the molecule is CCC(CC)C(C)NC1CCCC1O. The Labute approximate surface area is 88.1 Å². The molecule has 1 saturated carbocycles. The Morgan fingerprint density at radius 1 is 1.29 bits per heavy atom. The van der Waals surface area contributed by atoms with Gasteiger partial charge in [-0.1, -0.05) is 26.7 Å². The number of rotatable bonds is 5. The van der Waals surface area contributed by atoms with Crippen LogP contribution in [0.3, 0.4) is 0 Å². The molecule has 0 spiro atoms. The second-order valence-electron chi connectivity index (χ2n) is 4.64. The molecule has 14 heavy (non-hydrogen) atoms. The monoisotopic (exact) mass is 199 g/mol. The third-order valence-corrected chi connectivity index (χ3v) is 3.71. The molecule has 0 aromatic rings. The molecule has 1 aliphatic carbocycles. The van der Waals surface area contributed by atoms with Gasteiger partial charge in [-0.25, -0.2) is 0 Å². The first-order valence-electron chi connectivity index (χ1n) is 6.13. The van der Waals surface area contributed by atoms with Gasteiger partial charge >= 0.3 is 0 Å². The van der Waals surface area contributed by atoms with Gasteiger partial charge in [0.2, 0.25) is 0 Å². The van der Waals surface area contributed by atoms with E-state index in [1.54, 1.807) is 0 Å². The molecule has 0 aliphatic heterocycles. The van der Waals surface area contributed by atoms with Crippen LogP contribution in [0.1, 0.15) is 52.9 Å². The molecule has 0 saturated heterocycles. The summed E-state index contributed by atoms with van der Waals surface area (Å²) in [6.45, 7) is 6.75. The molecule has 2 nitrogen and oxygen atoms in total. The van der Waals surface area contributed by atoms with E-state index < -0.39 is 0 Å². The van der Waals surface area contributed by atoms with E-state index in [0.29, 0.717) is 12.1 Å². The lowest BCUT2D eigenvalue weighted by Crippen LogP contribution is -2.44. The maximum absolute atomic E-state index is 9.70. The van der Waals surface area contributed by atoms with Crippen LogP contribution >= 0.6 is 0 Å². The maximum Gasteiger partial charge on any atom is 0.0693 e. The van der Waals surface area contributed by atoms with Gasteiger partial charge in [0.15, 0.2) is 0 Å². The molecule has 1 rings (SSSR count). The van der Waals surface area contributed by atoms with Gasteiger partial charge in [-0.3, -0.25) is 0 Å². The van der Waals surface area contributed by atoms with Crippen LogP contribution in [0.15, 0.2) is 0 Å². The van der Waals surface area contributed by atoms with Crippen molar-refractivity contribution in [2.45, 2.75) is 71.1 Å². The van der Waals surface area contributed by atoms with Crippen molar-refractivity contribution in [2.75, 3.05) is 0 Å². The highest BCUT2D eigenvalue weighted by molar-refractivity contribution is 4.85. The van der Waals surface area contributed by atoms with Gasteiger partial charge in [0.25, 0.3) is 0 Å². The van der Waals surface area contributed by atoms with Crippen molar-refractivity contribution in [3.05, 3.63) is 0 Å². The van der Waals surface area contributed by atoms with Crippen molar-refractivity contribution < 1.29 is 5.11 Å². The molecular weight excluding hydrogens is 174 g/mol. The second-order valence-corrected chi connectivity index (χ2v) is 4.64. The molecule has 3 unspecified atom stereocenters. The molecule has 0 amide bonds. The molecule has 2 N–H and O–H groups in total. The largest absolute Gasteiger partial charge is 0.392 e. The van der Waals surface area contributed by atoms with Gasteiger partial charge in [0, 0.05) is 12.1 Å². The van der Waals surface area contributed by atoms with Crippen molar-refractivity contribution in [3.63, 3.8) is 0 Å². The number of hydrogen-bond acceptors (Lipinski definition) is 2. The molecule has 2 heteroatoms. The molecule has 0 aromatic carbocycles. The summed E-state index contributed by atoms with van der Waals surface area (Å²) in [5.74, 6) is 0.753. The predicted octanol–water partition coefficient (Wildman–Crippen LogP) is 2.31. The van der Waals surface area contributed by atoms with Crippen molar-refractivity contribution in [3.8, 4) is 0 Å². The van der Waals surface area contributed by atoms with Crippen LogP contribution in [0.25, 0.3) is 0 Å². The first-order valence-corrected chi connectivity index (χ1v) is 6.13. The Kier molecular flexibility index (Phi) is 4.90. The van der Waals surface area contributed by atoms with E-state index in [-0.39, 0.29) is 6.10 Å². The summed E-state index contributed by atoms with van der Waals surface area (Å²) in [6, 6.07) is 0.897. The van der Waals surface area contributed by atoms with Crippen LogP contribution < -0.4 is 5.32 Å². The fourth-order valence-electron chi connectivity index (χ4n) is 2.60. The van der Waals surface area contributed by atoms with Gasteiger partial charge in [-0.05, 0) is 32.1 Å². The standard InChI is InChI=1S/C12H25NO/c1-4-10(5-2)9(3)13-11-7-6-8-12(11)14/h9-14H,4-8H2,1-3H3. The fourth-order valence-corrected chi connectivity index (χ4v) is 2.60. The van der Waals surface area contributed by atoms with Crippen molar-refractivity contribution >= 4 is 0 Å².